The van der Waals surface area contributed by atoms with Crippen LogP contribution < -0.4 is 0 Å². The molecule has 1 atom stereocenters. The number of hydrogen-bond acceptors (Lipinski definition) is 6. The molecule has 0 bridgehead atoms. The Bertz CT molecular complexity index is 1730. The molecule has 2 aromatic carbocycles. The molecule has 6 aromatic rings. The SMILES string of the molecule is CCOC(=O)c1ccc(-c2cn(C(c3ccccc3)c3ccccn3)c3cc(-c4c(C)noc4C)cnc23)cc1. The minimum Gasteiger partial charge on any atom is -0.462 e. The summed E-state index contributed by atoms with van der Waals surface area (Å²) in [4.78, 5) is 22.0. The van der Waals surface area contributed by atoms with Crippen molar-refractivity contribution < 1.29 is 14.1 Å². The molecule has 6 rings (SSSR count). The number of aromatic nitrogens is 4. The summed E-state index contributed by atoms with van der Waals surface area (Å²) in [5, 5.41) is 4.16. The van der Waals surface area contributed by atoms with E-state index < -0.39 is 0 Å². The van der Waals surface area contributed by atoms with Crippen molar-refractivity contribution in [2.75, 3.05) is 6.61 Å². The Labute approximate surface area is 232 Å². The van der Waals surface area contributed by atoms with E-state index in [0.29, 0.717) is 12.2 Å². The Morgan fingerprint density at radius 2 is 1.73 bits per heavy atom. The number of ether oxygens (including phenoxy) is 1. The molecule has 0 radical (unpaired) electrons. The third kappa shape index (κ3) is 4.56. The van der Waals surface area contributed by atoms with Crippen LogP contribution in [0.25, 0.3) is 33.3 Å². The molecular formula is C33H28N4O3. The van der Waals surface area contributed by atoms with Gasteiger partial charge in [-0.2, -0.15) is 0 Å². The molecule has 0 saturated heterocycles. The van der Waals surface area contributed by atoms with Gasteiger partial charge in [-0.25, -0.2) is 4.79 Å². The number of nitrogens with zero attached hydrogens (tertiary/aromatic N) is 4. The number of aryl methyl sites for hydroxylation is 2. The third-order valence-electron chi connectivity index (χ3n) is 7.06. The molecule has 0 aliphatic rings. The summed E-state index contributed by atoms with van der Waals surface area (Å²) in [7, 11) is 0. The highest BCUT2D eigenvalue weighted by Crippen LogP contribution is 2.38. The van der Waals surface area contributed by atoms with Crippen molar-refractivity contribution in [2.45, 2.75) is 26.8 Å². The van der Waals surface area contributed by atoms with Gasteiger partial charge in [-0.15, -0.1) is 0 Å². The summed E-state index contributed by atoms with van der Waals surface area (Å²) in [6.07, 6.45) is 5.81. The van der Waals surface area contributed by atoms with Gasteiger partial charge in [-0.05, 0) is 62.2 Å². The number of benzene rings is 2. The van der Waals surface area contributed by atoms with Gasteiger partial charge in [0.15, 0.2) is 0 Å². The number of fused-ring (bicyclic) bond motifs is 1. The highest BCUT2D eigenvalue weighted by atomic mass is 16.5. The first-order chi connectivity index (χ1) is 19.5. The van der Waals surface area contributed by atoms with Crippen molar-refractivity contribution >= 4 is 17.0 Å². The Morgan fingerprint density at radius 3 is 2.40 bits per heavy atom. The molecule has 0 aliphatic heterocycles. The zero-order valence-corrected chi connectivity index (χ0v) is 22.5. The maximum absolute atomic E-state index is 12.3. The van der Waals surface area contributed by atoms with Crippen LogP contribution in [0.5, 0.6) is 0 Å². The summed E-state index contributed by atoms with van der Waals surface area (Å²) in [5.41, 5.74) is 8.90. The van der Waals surface area contributed by atoms with Crippen LogP contribution in [0.1, 0.15) is 46.0 Å². The van der Waals surface area contributed by atoms with Gasteiger partial charge in [0.25, 0.3) is 0 Å². The summed E-state index contributed by atoms with van der Waals surface area (Å²) in [6, 6.07) is 25.7. The first kappa shape index (κ1) is 25.2. The molecule has 40 heavy (non-hydrogen) atoms. The highest BCUT2D eigenvalue weighted by Gasteiger charge is 2.24. The molecule has 0 N–H and O–H groups in total. The molecule has 7 nitrogen and oxygen atoms in total. The minimum absolute atomic E-state index is 0.195. The predicted molar refractivity (Wildman–Crippen MR) is 154 cm³/mol. The van der Waals surface area contributed by atoms with E-state index in [1.54, 1.807) is 19.1 Å². The lowest BCUT2D eigenvalue weighted by Gasteiger charge is -2.20. The van der Waals surface area contributed by atoms with Gasteiger partial charge in [-0.1, -0.05) is 53.7 Å². The van der Waals surface area contributed by atoms with Crippen LogP contribution in [-0.2, 0) is 4.74 Å². The molecule has 1 unspecified atom stereocenters. The number of pyridine rings is 2. The molecule has 0 aliphatic carbocycles. The third-order valence-corrected chi connectivity index (χ3v) is 7.06. The lowest BCUT2D eigenvalue weighted by molar-refractivity contribution is 0.0526. The second-order valence-corrected chi connectivity index (χ2v) is 9.61. The average molecular weight is 529 g/mol. The van der Waals surface area contributed by atoms with Crippen molar-refractivity contribution in [3.8, 4) is 22.3 Å². The number of carbonyl (C=O) groups is 1. The zero-order chi connectivity index (χ0) is 27.6. The molecule has 7 heteroatoms. The van der Waals surface area contributed by atoms with E-state index in [1.807, 2.05) is 74.8 Å². The monoisotopic (exact) mass is 528 g/mol. The van der Waals surface area contributed by atoms with Gasteiger partial charge in [0.2, 0.25) is 0 Å². The Balaban J connectivity index is 1.59. The number of hydrogen-bond donors (Lipinski definition) is 0. The summed E-state index contributed by atoms with van der Waals surface area (Å²) in [5.74, 6) is 0.411. The van der Waals surface area contributed by atoms with Gasteiger partial charge in [0.1, 0.15) is 11.8 Å². The summed E-state index contributed by atoms with van der Waals surface area (Å²) in [6.45, 7) is 5.98. The van der Waals surface area contributed by atoms with Crippen LogP contribution in [0.4, 0.5) is 0 Å². The Hall–Kier alpha value is -5.04. The molecule has 0 amide bonds. The van der Waals surface area contributed by atoms with Crippen molar-refractivity contribution in [1.29, 1.82) is 0 Å². The smallest absolute Gasteiger partial charge is 0.338 e. The summed E-state index contributed by atoms with van der Waals surface area (Å²) >= 11 is 0. The molecule has 0 spiro atoms. The maximum atomic E-state index is 12.3. The molecule has 0 saturated carbocycles. The highest BCUT2D eigenvalue weighted by molar-refractivity contribution is 5.96. The van der Waals surface area contributed by atoms with Crippen LogP contribution in [0, 0.1) is 13.8 Å². The van der Waals surface area contributed by atoms with E-state index in [1.165, 1.54) is 0 Å². The number of carbonyl (C=O) groups excluding carboxylic acids is 1. The van der Waals surface area contributed by atoms with Gasteiger partial charge >= 0.3 is 5.97 Å². The van der Waals surface area contributed by atoms with E-state index in [9.17, 15) is 4.79 Å². The zero-order valence-electron chi connectivity index (χ0n) is 22.5. The molecule has 198 valence electrons. The van der Waals surface area contributed by atoms with Crippen molar-refractivity contribution in [3.05, 3.63) is 126 Å². The fraction of sp³-hybridized carbons (Fsp3) is 0.152. The second-order valence-electron chi connectivity index (χ2n) is 9.61. The topological polar surface area (TPSA) is 83.0 Å². The standard InChI is InChI=1S/C33H28N4O3/c1-4-39-33(38)25-15-13-23(14-16-25)27-20-37(32(24-10-6-5-7-11-24)28-12-8-9-17-34-28)29-18-26(19-35-31(27)29)30-21(2)36-40-22(30)3/h5-20,32H,4H2,1-3H3. The number of esters is 1. The lowest BCUT2D eigenvalue weighted by atomic mass is 10.0. The van der Waals surface area contributed by atoms with Crippen LogP contribution >= 0.6 is 0 Å². The molecule has 4 heterocycles. The molecular weight excluding hydrogens is 500 g/mol. The van der Waals surface area contributed by atoms with Crippen molar-refractivity contribution in [1.82, 2.24) is 19.7 Å². The van der Waals surface area contributed by atoms with Crippen molar-refractivity contribution in [2.24, 2.45) is 0 Å². The van der Waals surface area contributed by atoms with Crippen LogP contribution in [0.2, 0.25) is 0 Å². The molecule has 0 fully saturated rings. The summed E-state index contributed by atoms with van der Waals surface area (Å²) < 4.78 is 12.9. The van der Waals surface area contributed by atoms with E-state index in [2.05, 4.69) is 34.1 Å². The van der Waals surface area contributed by atoms with E-state index in [0.717, 1.165) is 56.0 Å². The minimum atomic E-state index is -0.335. The van der Waals surface area contributed by atoms with Crippen LogP contribution in [-0.4, -0.2) is 32.3 Å². The number of rotatable bonds is 7. The van der Waals surface area contributed by atoms with E-state index in [4.69, 9.17) is 19.2 Å². The van der Waals surface area contributed by atoms with Gasteiger partial charge in [0.05, 0.1) is 34.6 Å². The van der Waals surface area contributed by atoms with E-state index in [-0.39, 0.29) is 12.0 Å². The predicted octanol–water partition coefficient (Wildman–Crippen LogP) is 7.18. The van der Waals surface area contributed by atoms with Gasteiger partial charge in [0, 0.05) is 35.3 Å². The second kappa shape index (κ2) is 10.6. The van der Waals surface area contributed by atoms with Crippen molar-refractivity contribution in [3.63, 3.8) is 0 Å². The van der Waals surface area contributed by atoms with Crippen LogP contribution in [0.15, 0.2) is 102 Å². The quantitative estimate of drug-likeness (QED) is 0.204. The largest absolute Gasteiger partial charge is 0.462 e. The average Bonchev–Trinajstić information content (AvgIpc) is 3.53. The van der Waals surface area contributed by atoms with E-state index >= 15 is 0 Å². The normalized spacial score (nSPS) is 12.0. The fourth-order valence-electron chi connectivity index (χ4n) is 5.23. The fourth-order valence-corrected chi connectivity index (χ4v) is 5.23. The molecule has 4 aromatic heterocycles. The Morgan fingerprint density at radius 1 is 0.950 bits per heavy atom. The lowest BCUT2D eigenvalue weighted by Crippen LogP contribution is -2.13. The first-order valence-corrected chi connectivity index (χ1v) is 13.2. The Kier molecular flexibility index (Phi) is 6.70. The van der Waals surface area contributed by atoms with Gasteiger partial charge < -0.3 is 13.8 Å². The first-order valence-electron chi connectivity index (χ1n) is 13.2. The van der Waals surface area contributed by atoms with Crippen LogP contribution in [0.3, 0.4) is 0 Å². The maximum Gasteiger partial charge on any atom is 0.338 e. The van der Waals surface area contributed by atoms with Gasteiger partial charge in [-0.3, -0.25) is 9.97 Å².